The van der Waals surface area contributed by atoms with Crippen molar-refractivity contribution in [2.45, 2.75) is 32.6 Å². The van der Waals surface area contributed by atoms with Gasteiger partial charge in [0.15, 0.2) is 4.98 Å². The average Bonchev–Trinajstić information content (AvgIpc) is 2.37. The van der Waals surface area contributed by atoms with Gasteiger partial charge in [-0.3, -0.25) is 0 Å². The van der Waals surface area contributed by atoms with E-state index in [1.54, 1.807) is 12.1 Å². The summed E-state index contributed by atoms with van der Waals surface area (Å²) in [5.41, 5.74) is 0.549. The minimum Gasteiger partial charge on any atom is -0.494 e. The summed E-state index contributed by atoms with van der Waals surface area (Å²) in [5, 5.41) is 8.49. The highest BCUT2D eigenvalue weighted by Crippen LogP contribution is 2.18. The van der Waals surface area contributed by atoms with Gasteiger partial charge in [-0.05, 0) is 18.6 Å². The van der Waals surface area contributed by atoms with Crippen LogP contribution in [0.2, 0.25) is 0 Å². The van der Waals surface area contributed by atoms with Crippen molar-refractivity contribution in [3.63, 3.8) is 0 Å². The Bertz CT molecular complexity index is 397. The summed E-state index contributed by atoms with van der Waals surface area (Å²) in [6.45, 7) is 2.95. The summed E-state index contributed by atoms with van der Waals surface area (Å²) in [6.07, 6.45) is 4.83. The van der Waals surface area contributed by atoms with Crippen molar-refractivity contribution in [3.8, 4) is 5.75 Å². The molecule has 0 bridgehead atoms. The molecule has 0 aliphatic heterocycles. The number of rotatable bonds is 6. The second kappa shape index (κ2) is 10.1. The third-order valence-corrected chi connectivity index (χ3v) is 2.22. The van der Waals surface area contributed by atoms with Gasteiger partial charge in [0.2, 0.25) is 5.39 Å². The van der Waals surface area contributed by atoms with E-state index in [0.29, 0.717) is 5.69 Å². The van der Waals surface area contributed by atoms with Gasteiger partial charge in [-0.2, -0.15) is 0 Å². The molecule has 8 heteroatoms. The number of nitrogens with zero attached hydrogens (tertiary/aromatic N) is 2. The lowest BCUT2D eigenvalue weighted by molar-refractivity contribution is 0.305. The molecule has 1 rings (SSSR count). The third-order valence-electron chi connectivity index (χ3n) is 2.22. The summed E-state index contributed by atoms with van der Waals surface area (Å²) in [7, 11) is -6.00. The SMILES string of the molecule is CCCCCCOc1ccc([N+]#N)cc1.F[B-](F)(F)F. The maximum atomic E-state index is 9.75. The number of hydrogen-bond donors (Lipinski definition) is 0. The predicted molar refractivity (Wildman–Crippen MR) is 71.0 cm³/mol. The maximum Gasteiger partial charge on any atom is 0.673 e. The van der Waals surface area contributed by atoms with Gasteiger partial charge >= 0.3 is 12.9 Å². The first kappa shape index (κ1) is 18.2. The summed E-state index contributed by atoms with van der Waals surface area (Å²) < 4.78 is 44.5. The summed E-state index contributed by atoms with van der Waals surface area (Å²) >= 11 is 0. The van der Waals surface area contributed by atoms with Crippen LogP contribution in [-0.4, -0.2) is 13.9 Å². The molecule has 0 amide bonds. The van der Waals surface area contributed by atoms with Gasteiger partial charge < -0.3 is 22.0 Å². The number of diazo groups is 1. The molecule has 0 spiro atoms. The lowest BCUT2D eigenvalue weighted by Crippen LogP contribution is -2.02. The van der Waals surface area contributed by atoms with E-state index in [0.717, 1.165) is 18.8 Å². The monoisotopic (exact) mass is 292 g/mol. The fourth-order valence-corrected chi connectivity index (χ4v) is 1.33. The minimum absolute atomic E-state index is 0.549. The fraction of sp³-hybridized carbons (Fsp3) is 0.500. The second-order valence-electron chi connectivity index (χ2n) is 4.00. The molecule has 0 aromatic heterocycles. The van der Waals surface area contributed by atoms with Crippen molar-refractivity contribution in [2.75, 3.05) is 6.61 Å². The second-order valence-corrected chi connectivity index (χ2v) is 4.00. The molecule has 0 atom stereocenters. The Labute approximate surface area is 115 Å². The van der Waals surface area contributed by atoms with E-state index < -0.39 is 7.25 Å². The molecule has 0 aliphatic carbocycles. The van der Waals surface area contributed by atoms with Gasteiger partial charge in [0.05, 0.1) is 6.61 Å². The first-order valence-corrected chi connectivity index (χ1v) is 6.32. The summed E-state index contributed by atoms with van der Waals surface area (Å²) in [4.78, 5) is 3.08. The van der Waals surface area contributed by atoms with E-state index in [9.17, 15) is 17.3 Å². The molecule has 1 aromatic carbocycles. The molecule has 0 fully saturated rings. The smallest absolute Gasteiger partial charge is 0.494 e. The number of ether oxygens (including phenoxy) is 1. The van der Waals surface area contributed by atoms with Crippen LogP contribution < -0.4 is 4.74 Å². The fourth-order valence-electron chi connectivity index (χ4n) is 1.33. The van der Waals surface area contributed by atoms with Crippen LogP contribution in [0, 0.1) is 5.39 Å². The number of hydrogen-bond acceptors (Lipinski definition) is 2. The van der Waals surface area contributed by atoms with Crippen molar-refractivity contribution >= 4 is 12.9 Å². The average molecular weight is 292 g/mol. The van der Waals surface area contributed by atoms with Crippen LogP contribution >= 0.6 is 0 Å². The zero-order valence-corrected chi connectivity index (χ0v) is 11.2. The van der Waals surface area contributed by atoms with E-state index in [4.69, 9.17) is 10.1 Å². The molecule has 0 radical (unpaired) electrons. The Morgan fingerprint density at radius 1 is 1.05 bits per heavy atom. The Morgan fingerprint density at radius 2 is 1.60 bits per heavy atom. The predicted octanol–water partition coefficient (Wildman–Crippen LogP) is 5.43. The molecule has 20 heavy (non-hydrogen) atoms. The first-order chi connectivity index (χ1) is 9.36. The number of unbranched alkanes of at least 4 members (excludes halogenated alkanes) is 3. The van der Waals surface area contributed by atoms with Crippen LogP contribution in [0.25, 0.3) is 4.98 Å². The minimum atomic E-state index is -6.00. The van der Waals surface area contributed by atoms with Gasteiger partial charge in [0, 0.05) is 12.1 Å². The van der Waals surface area contributed by atoms with Gasteiger partial charge in [-0.1, -0.05) is 26.2 Å². The van der Waals surface area contributed by atoms with Gasteiger partial charge in [-0.15, -0.1) is 0 Å². The van der Waals surface area contributed by atoms with Gasteiger partial charge in [0.1, 0.15) is 5.75 Å². The van der Waals surface area contributed by atoms with Gasteiger partial charge in [0.25, 0.3) is 0 Å². The Morgan fingerprint density at radius 3 is 2.05 bits per heavy atom. The standard InChI is InChI=1S/C12H17N2O.BF4/c1-2-3-4-5-10-15-12-8-6-11(14-13)7-9-12;2-1(3,4)5/h6-9H,2-5,10H2,1H3;/q+1;-1. The number of benzene rings is 1. The van der Waals surface area contributed by atoms with E-state index in [-0.39, 0.29) is 0 Å². The molecule has 112 valence electrons. The van der Waals surface area contributed by atoms with E-state index in [1.165, 1.54) is 19.3 Å². The largest absolute Gasteiger partial charge is 0.673 e. The van der Waals surface area contributed by atoms with E-state index in [1.807, 2.05) is 12.1 Å². The maximum absolute atomic E-state index is 9.75. The van der Waals surface area contributed by atoms with Crippen LogP contribution in [0.5, 0.6) is 5.75 Å². The molecule has 0 N–H and O–H groups in total. The molecular weight excluding hydrogens is 275 g/mol. The molecule has 0 saturated carbocycles. The molecule has 0 unspecified atom stereocenters. The Balaban J connectivity index is 0.000000621. The zero-order valence-electron chi connectivity index (χ0n) is 11.2. The van der Waals surface area contributed by atoms with Crippen molar-refractivity contribution < 1.29 is 22.0 Å². The Kier molecular flexibility index (Phi) is 9.17. The van der Waals surface area contributed by atoms with Crippen LogP contribution in [-0.2, 0) is 0 Å². The van der Waals surface area contributed by atoms with Gasteiger partial charge in [-0.25, -0.2) is 0 Å². The highest BCUT2D eigenvalue weighted by atomic mass is 19.5. The van der Waals surface area contributed by atoms with Crippen LogP contribution in [0.1, 0.15) is 32.6 Å². The third kappa shape index (κ3) is 12.7. The molecule has 0 saturated heterocycles. The van der Waals surface area contributed by atoms with Crippen molar-refractivity contribution in [1.82, 2.24) is 0 Å². The lowest BCUT2D eigenvalue weighted by Gasteiger charge is -2.04. The van der Waals surface area contributed by atoms with Crippen LogP contribution in [0.4, 0.5) is 23.0 Å². The van der Waals surface area contributed by atoms with Crippen molar-refractivity contribution in [2.24, 2.45) is 0 Å². The van der Waals surface area contributed by atoms with Crippen LogP contribution in [0.3, 0.4) is 0 Å². The normalized spacial score (nSPS) is 10.2. The zero-order chi connectivity index (χ0) is 15.4. The highest BCUT2D eigenvalue weighted by molar-refractivity contribution is 6.50. The molecule has 0 heterocycles. The molecular formula is C12H17BF4N2O. The molecule has 3 nitrogen and oxygen atoms in total. The quantitative estimate of drug-likeness (QED) is 0.303. The summed E-state index contributed by atoms with van der Waals surface area (Å²) in [6, 6.07) is 7.08. The van der Waals surface area contributed by atoms with Crippen molar-refractivity contribution in [1.29, 1.82) is 5.39 Å². The topological polar surface area (TPSA) is 37.4 Å². The molecule has 1 aromatic rings. The number of halogens is 4. The lowest BCUT2D eigenvalue weighted by atomic mass is 10.2. The van der Waals surface area contributed by atoms with E-state index >= 15 is 0 Å². The van der Waals surface area contributed by atoms with E-state index in [2.05, 4.69) is 11.9 Å². The highest BCUT2D eigenvalue weighted by Gasteiger charge is 2.20. The van der Waals surface area contributed by atoms with Crippen molar-refractivity contribution in [3.05, 3.63) is 29.2 Å². The first-order valence-electron chi connectivity index (χ1n) is 6.32. The Hall–Kier alpha value is -1.78. The molecule has 0 aliphatic rings. The van der Waals surface area contributed by atoms with Crippen LogP contribution in [0.15, 0.2) is 24.3 Å². The summed E-state index contributed by atoms with van der Waals surface area (Å²) in [5.74, 6) is 0.832.